The fraction of sp³-hybridized carbons (Fsp3) is 0.526. The number of carbonyl (C=O) groups is 3. The van der Waals surface area contributed by atoms with Crippen LogP contribution in [0.1, 0.15) is 30.4 Å². The van der Waals surface area contributed by atoms with Crippen molar-refractivity contribution in [1.29, 1.82) is 0 Å². The standard InChI is InChI=1S/C19H24N4O3/c24-17(11-16-18(25)21-19(26)20-16)22-9-6-15(7-10-22)23-8-5-13-3-1-2-4-14(13)12-23/h1-4,15-16H,5-12H2,(H2,20,21,25,26)/t16-/m0/s1. The van der Waals surface area contributed by atoms with Gasteiger partial charge in [-0.05, 0) is 30.4 Å². The van der Waals surface area contributed by atoms with Gasteiger partial charge in [-0.3, -0.25) is 19.8 Å². The highest BCUT2D eigenvalue weighted by atomic mass is 16.2. The van der Waals surface area contributed by atoms with E-state index in [1.165, 1.54) is 11.1 Å². The number of urea groups is 1. The molecule has 1 aromatic rings. The van der Waals surface area contributed by atoms with Gasteiger partial charge in [-0.15, -0.1) is 0 Å². The van der Waals surface area contributed by atoms with Crippen LogP contribution in [0.5, 0.6) is 0 Å². The zero-order chi connectivity index (χ0) is 18.1. The highest BCUT2D eigenvalue weighted by Gasteiger charge is 2.34. The Balaban J connectivity index is 1.28. The maximum absolute atomic E-state index is 12.4. The second-order valence-electron chi connectivity index (χ2n) is 7.32. The van der Waals surface area contributed by atoms with E-state index in [0.717, 1.165) is 32.4 Å². The van der Waals surface area contributed by atoms with Gasteiger partial charge in [0.25, 0.3) is 5.91 Å². The molecule has 2 saturated heterocycles. The van der Waals surface area contributed by atoms with Gasteiger partial charge in [0.1, 0.15) is 6.04 Å². The number of rotatable bonds is 3. The maximum Gasteiger partial charge on any atom is 0.322 e. The van der Waals surface area contributed by atoms with E-state index in [1.807, 2.05) is 4.90 Å². The molecule has 0 radical (unpaired) electrons. The highest BCUT2D eigenvalue weighted by Crippen LogP contribution is 2.25. The van der Waals surface area contributed by atoms with E-state index >= 15 is 0 Å². The summed E-state index contributed by atoms with van der Waals surface area (Å²) in [6, 6.07) is 7.88. The predicted molar refractivity (Wildman–Crippen MR) is 95.2 cm³/mol. The fourth-order valence-electron chi connectivity index (χ4n) is 4.22. The quantitative estimate of drug-likeness (QED) is 0.779. The number of nitrogens with zero attached hydrogens (tertiary/aromatic N) is 2. The van der Waals surface area contributed by atoms with Crippen molar-refractivity contribution in [3.05, 3.63) is 35.4 Å². The average Bonchev–Trinajstić information content (AvgIpc) is 2.98. The van der Waals surface area contributed by atoms with Crippen molar-refractivity contribution in [3.63, 3.8) is 0 Å². The Hall–Kier alpha value is -2.41. The number of nitrogens with one attached hydrogen (secondary N) is 2. The lowest BCUT2D eigenvalue weighted by Gasteiger charge is -2.40. The third-order valence-electron chi connectivity index (χ3n) is 5.73. The van der Waals surface area contributed by atoms with Gasteiger partial charge in [0.15, 0.2) is 0 Å². The van der Waals surface area contributed by atoms with Crippen molar-refractivity contribution in [2.24, 2.45) is 0 Å². The number of amides is 4. The van der Waals surface area contributed by atoms with Crippen molar-refractivity contribution in [2.45, 2.75) is 44.3 Å². The van der Waals surface area contributed by atoms with Gasteiger partial charge < -0.3 is 10.2 Å². The molecule has 3 aliphatic heterocycles. The van der Waals surface area contributed by atoms with Gasteiger partial charge in [-0.1, -0.05) is 24.3 Å². The third-order valence-corrected chi connectivity index (χ3v) is 5.73. The smallest absolute Gasteiger partial charge is 0.322 e. The van der Waals surface area contributed by atoms with Gasteiger partial charge in [0.05, 0.1) is 6.42 Å². The Bertz CT molecular complexity index is 727. The number of hydrogen-bond donors (Lipinski definition) is 2. The van der Waals surface area contributed by atoms with Crippen molar-refractivity contribution in [3.8, 4) is 0 Å². The summed E-state index contributed by atoms with van der Waals surface area (Å²) in [5.74, 6) is -0.472. The Morgan fingerprint density at radius 2 is 1.81 bits per heavy atom. The molecule has 4 rings (SSSR count). The van der Waals surface area contributed by atoms with Gasteiger partial charge in [-0.25, -0.2) is 4.79 Å². The monoisotopic (exact) mass is 356 g/mol. The first-order valence-electron chi connectivity index (χ1n) is 9.30. The molecule has 26 heavy (non-hydrogen) atoms. The third kappa shape index (κ3) is 3.44. The lowest BCUT2D eigenvalue weighted by molar-refractivity contribution is -0.135. The first-order chi connectivity index (χ1) is 12.6. The summed E-state index contributed by atoms with van der Waals surface area (Å²) in [4.78, 5) is 39.5. The Kier molecular flexibility index (Phi) is 4.63. The molecule has 1 aromatic carbocycles. The molecule has 0 spiro atoms. The molecule has 2 N–H and O–H groups in total. The minimum absolute atomic E-state index is 0.0410. The first kappa shape index (κ1) is 17.0. The minimum Gasteiger partial charge on any atom is -0.343 e. The van der Waals surface area contributed by atoms with Crippen LogP contribution in [-0.4, -0.2) is 59.4 Å². The second-order valence-corrected chi connectivity index (χ2v) is 7.32. The summed E-state index contributed by atoms with van der Waals surface area (Å²) >= 11 is 0. The van der Waals surface area contributed by atoms with E-state index in [4.69, 9.17) is 0 Å². The van der Waals surface area contributed by atoms with Crippen LogP contribution in [0.25, 0.3) is 0 Å². The first-order valence-corrected chi connectivity index (χ1v) is 9.30. The molecule has 0 aliphatic carbocycles. The summed E-state index contributed by atoms with van der Waals surface area (Å²) in [5, 5.41) is 4.66. The Labute approximate surface area is 152 Å². The zero-order valence-corrected chi connectivity index (χ0v) is 14.7. The van der Waals surface area contributed by atoms with Crippen molar-refractivity contribution >= 4 is 17.8 Å². The van der Waals surface area contributed by atoms with Gasteiger partial charge >= 0.3 is 6.03 Å². The number of imide groups is 1. The number of benzene rings is 1. The highest BCUT2D eigenvalue weighted by molar-refractivity contribution is 6.05. The van der Waals surface area contributed by atoms with E-state index in [2.05, 4.69) is 39.8 Å². The Morgan fingerprint density at radius 1 is 1.08 bits per heavy atom. The predicted octanol–water partition coefficient (Wildman–Crippen LogP) is 0.634. The molecule has 3 heterocycles. The van der Waals surface area contributed by atoms with Crippen LogP contribution < -0.4 is 10.6 Å². The summed E-state index contributed by atoms with van der Waals surface area (Å²) in [6.45, 7) is 3.49. The van der Waals surface area contributed by atoms with E-state index < -0.39 is 18.0 Å². The lowest BCUT2D eigenvalue weighted by atomic mass is 9.95. The summed E-state index contributed by atoms with van der Waals surface area (Å²) in [6.07, 6.45) is 3.04. The Morgan fingerprint density at radius 3 is 2.50 bits per heavy atom. The molecule has 4 amide bonds. The zero-order valence-electron chi connectivity index (χ0n) is 14.7. The molecule has 7 heteroatoms. The molecule has 0 unspecified atom stereocenters. The largest absolute Gasteiger partial charge is 0.343 e. The number of piperidine rings is 1. The van der Waals surface area contributed by atoms with Crippen LogP contribution in [0.4, 0.5) is 4.79 Å². The van der Waals surface area contributed by atoms with E-state index in [9.17, 15) is 14.4 Å². The van der Waals surface area contributed by atoms with E-state index in [1.54, 1.807) is 0 Å². The minimum atomic E-state index is -0.730. The topological polar surface area (TPSA) is 81.8 Å². The fourth-order valence-corrected chi connectivity index (χ4v) is 4.22. The maximum atomic E-state index is 12.4. The number of fused-ring (bicyclic) bond motifs is 1. The molecule has 0 aromatic heterocycles. The molecular formula is C19H24N4O3. The van der Waals surface area contributed by atoms with Gasteiger partial charge in [0, 0.05) is 32.2 Å². The number of hydrogen-bond acceptors (Lipinski definition) is 4. The molecule has 3 aliphatic rings. The van der Waals surface area contributed by atoms with E-state index in [-0.39, 0.29) is 12.3 Å². The van der Waals surface area contributed by atoms with E-state index in [0.29, 0.717) is 19.1 Å². The molecule has 138 valence electrons. The number of likely N-dealkylation sites (tertiary alicyclic amines) is 1. The lowest BCUT2D eigenvalue weighted by Crippen LogP contribution is -2.49. The van der Waals surface area contributed by atoms with Gasteiger partial charge in [0.2, 0.25) is 5.91 Å². The van der Waals surface area contributed by atoms with Crippen LogP contribution in [0.15, 0.2) is 24.3 Å². The van der Waals surface area contributed by atoms with Crippen LogP contribution in [0, 0.1) is 0 Å². The SMILES string of the molecule is O=C1NC(=O)[C@H](CC(=O)N2CCC(N3CCc4ccccc4C3)CC2)N1. The summed E-state index contributed by atoms with van der Waals surface area (Å²) < 4.78 is 0. The van der Waals surface area contributed by atoms with Crippen molar-refractivity contribution in [2.75, 3.05) is 19.6 Å². The van der Waals surface area contributed by atoms with Crippen molar-refractivity contribution < 1.29 is 14.4 Å². The van der Waals surface area contributed by atoms with Crippen LogP contribution in [-0.2, 0) is 22.6 Å². The van der Waals surface area contributed by atoms with Gasteiger partial charge in [-0.2, -0.15) is 0 Å². The van der Waals surface area contributed by atoms with Crippen LogP contribution in [0.3, 0.4) is 0 Å². The van der Waals surface area contributed by atoms with Crippen LogP contribution >= 0.6 is 0 Å². The average molecular weight is 356 g/mol. The normalized spacial score (nSPS) is 24.2. The number of carbonyl (C=O) groups excluding carboxylic acids is 3. The van der Waals surface area contributed by atoms with Crippen molar-refractivity contribution in [1.82, 2.24) is 20.4 Å². The molecule has 0 bridgehead atoms. The summed E-state index contributed by atoms with van der Waals surface area (Å²) in [7, 11) is 0. The molecule has 1 atom stereocenters. The molecule has 2 fully saturated rings. The molecule has 0 saturated carbocycles. The second kappa shape index (κ2) is 7.07. The molecular weight excluding hydrogens is 332 g/mol. The molecule has 7 nitrogen and oxygen atoms in total. The van der Waals surface area contributed by atoms with Crippen LogP contribution in [0.2, 0.25) is 0 Å². The summed E-state index contributed by atoms with van der Waals surface area (Å²) in [5.41, 5.74) is 2.87.